The van der Waals surface area contributed by atoms with Crippen LogP contribution >= 0.6 is 0 Å². The molecule has 1 aromatic rings. The number of amides is 1. The Morgan fingerprint density at radius 1 is 1.35 bits per heavy atom. The third-order valence-electron chi connectivity index (χ3n) is 4.11. The van der Waals surface area contributed by atoms with E-state index in [4.69, 9.17) is 0 Å². The highest BCUT2D eigenvalue weighted by Crippen LogP contribution is 2.37. The van der Waals surface area contributed by atoms with E-state index in [2.05, 4.69) is 15.2 Å². The summed E-state index contributed by atoms with van der Waals surface area (Å²) < 4.78 is 0. The zero-order valence-electron chi connectivity index (χ0n) is 11.4. The molecule has 2 atom stereocenters. The first-order valence-corrected chi connectivity index (χ1v) is 7.04. The number of carbonyl (C=O) groups excluding carboxylic acids is 1. The minimum Gasteiger partial charge on any atom is -0.480 e. The summed E-state index contributed by atoms with van der Waals surface area (Å²) in [5.74, 6) is -0.167. The first-order valence-electron chi connectivity index (χ1n) is 7.04. The number of carboxylic acid groups (broad SMARTS) is 1. The Hall–Kier alpha value is -1.92. The Balaban J connectivity index is 1.81. The fourth-order valence-corrected chi connectivity index (χ4v) is 2.83. The van der Waals surface area contributed by atoms with Gasteiger partial charge in [-0.3, -0.25) is 9.89 Å². The molecule has 0 radical (unpaired) electrons. The van der Waals surface area contributed by atoms with Gasteiger partial charge < -0.3 is 10.0 Å². The predicted molar refractivity (Wildman–Crippen MR) is 69.2 cm³/mol. The molecular formula is C13H18N4O3. The highest BCUT2D eigenvalue weighted by atomic mass is 16.4. The number of hydrogen-bond acceptors (Lipinski definition) is 4. The lowest BCUT2D eigenvalue weighted by Crippen LogP contribution is -2.52. The first-order chi connectivity index (χ1) is 9.58. The number of aliphatic carboxylic acids is 1. The van der Waals surface area contributed by atoms with Gasteiger partial charge in [-0.2, -0.15) is 0 Å². The Bertz CT molecular complexity index is 537. The fraction of sp³-hybridized carbons (Fsp3) is 0.692. The molecule has 0 spiro atoms. The minimum atomic E-state index is -0.955. The van der Waals surface area contributed by atoms with Crippen LogP contribution in [0.5, 0.6) is 0 Å². The summed E-state index contributed by atoms with van der Waals surface area (Å²) >= 11 is 0. The third-order valence-corrected chi connectivity index (χ3v) is 4.11. The van der Waals surface area contributed by atoms with Gasteiger partial charge in [0.1, 0.15) is 11.9 Å². The molecule has 108 valence electrons. The summed E-state index contributed by atoms with van der Waals surface area (Å²) in [6, 6.07) is -0.779. The molecule has 2 N–H and O–H groups in total. The molecule has 20 heavy (non-hydrogen) atoms. The molecule has 1 aliphatic carbocycles. The van der Waals surface area contributed by atoms with Crippen LogP contribution in [0.3, 0.4) is 0 Å². The number of H-pyrrole nitrogens is 1. The average Bonchev–Trinajstić information content (AvgIpc) is 3.15. The number of likely N-dealkylation sites (tertiary alicyclic amines) is 1. The maximum atomic E-state index is 12.4. The lowest BCUT2D eigenvalue weighted by molar-refractivity contribution is -0.145. The largest absolute Gasteiger partial charge is 0.480 e. The summed E-state index contributed by atoms with van der Waals surface area (Å²) in [5, 5.41) is 16.1. The number of piperidine rings is 1. The van der Waals surface area contributed by atoms with Crippen molar-refractivity contribution >= 4 is 11.9 Å². The van der Waals surface area contributed by atoms with Crippen LogP contribution in [-0.4, -0.2) is 49.7 Å². The monoisotopic (exact) mass is 278 g/mol. The zero-order valence-corrected chi connectivity index (χ0v) is 11.4. The topological polar surface area (TPSA) is 99.2 Å². The molecular weight excluding hydrogens is 260 g/mol. The Morgan fingerprint density at radius 3 is 2.75 bits per heavy atom. The molecule has 1 aliphatic heterocycles. The van der Waals surface area contributed by atoms with Crippen molar-refractivity contribution in [3.05, 3.63) is 11.6 Å². The van der Waals surface area contributed by atoms with Gasteiger partial charge >= 0.3 is 5.97 Å². The van der Waals surface area contributed by atoms with E-state index in [1.54, 1.807) is 0 Å². The SMILES string of the molecule is CC1CCCN(C(=O)c2n[nH]c(C3CC3)n2)C1C(=O)O. The van der Waals surface area contributed by atoms with E-state index in [-0.39, 0.29) is 17.6 Å². The molecule has 7 nitrogen and oxygen atoms in total. The lowest BCUT2D eigenvalue weighted by atomic mass is 9.90. The number of aromatic amines is 1. The molecule has 2 fully saturated rings. The van der Waals surface area contributed by atoms with E-state index in [1.165, 1.54) is 4.90 Å². The second-order valence-corrected chi connectivity index (χ2v) is 5.72. The molecule has 0 aromatic carbocycles. The average molecular weight is 278 g/mol. The van der Waals surface area contributed by atoms with E-state index >= 15 is 0 Å². The molecule has 0 bridgehead atoms. The van der Waals surface area contributed by atoms with Crippen molar-refractivity contribution in [1.29, 1.82) is 0 Å². The number of carbonyl (C=O) groups is 2. The van der Waals surface area contributed by atoms with E-state index in [9.17, 15) is 14.7 Å². The van der Waals surface area contributed by atoms with Gasteiger partial charge in [-0.05, 0) is 31.6 Å². The van der Waals surface area contributed by atoms with Gasteiger partial charge in [-0.1, -0.05) is 6.92 Å². The normalized spacial score (nSPS) is 26.6. The maximum Gasteiger partial charge on any atom is 0.326 e. The van der Waals surface area contributed by atoms with E-state index in [1.807, 2.05) is 6.92 Å². The van der Waals surface area contributed by atoms with E-state index in [0.29, 0.717) is 12.5 Å². The number of nitrogens with one attached hydrogen (secondary N) is 1. The van der Waals surface area contributed by atoms with Gasteiger partial charge in [0, 0.05) is 12.5 Å². The van der Waals surface area contributed by atoms with Crippen LogP contribution in [0, 0.1) is 5.92 Å². The summed E-state index contributed by atoms with van der Waals surface area (Å²) in [7, 11) is 0. The summed E-state index contributed by atoms with van der Waals surface area (Å²) in [6.45, 7) is 2.32. The van der Waals surface area contributed by atoms with Crippen molar-refractivity contribution in [3.8, 4) is 0 Å². The van der Waals surface area contributed by atoms with Crippen molar-refractivity contribution in [2.24, 2.45) is 5.92 Å². The number of rotatable bonds is 3. The van der Waals surface area contributed by atoms with Crippen molar-refractivity contribution < 1.29 is 14.7 Å². The second kappa shape index (κ2) is 4.88. The summed E-state index contributed by atoms with van der Waals surface area (Å²) in [6.07, 6.45) is 3.78. The molecule has 1 saturated carbocycles. The molecule has 1 amide bonds. The quantitative estimate of drug-likeness (QED) is 0.859. The standard InChI is InChI=1S/C13H18N4O3/c1-7-3-2-6-17(9(7)13(19)20)12(18)11-14-10(15-16-11)8-4-5-8/h7-9H,2-6H2,1H3,(H,19,20)(H,14,15,16). The molecule has 1 saturated heterocycles. The molecule has 2 unspecified atom stereocenters. The minimum absolute atomic E-state index is 0.0490. The van der Waals surface area contributed by atoms with Gasteiger partial charge in [-0.15, -0.1) is 5.10 Å². The maximum absolute atomic E-state index is 12.4. The third kappa shape index (κ3) is 2.28. The van der Waals surface area contributed by atoms with Crippen molar-refractivity contribution in [3.63, 3.8) is 0 Å². The zero-order chi connectivity index (χ0) is 14.3. The Labute approximate surface area is 116 Å². The van der Waals surface area contributed by atoms with E-state index < -0.39 is 12.0 Å². The molecule has 3 rings (SSSR count). The highest BCUT2D eigenvalue weighted by Gasteiger charge is 2.39. The second-order valence-electron chi connectivity index (χ2n) is 5.72. The van der Waals surface area contributed by atoms with Crippen LogP contribution in [0.4, 0.5) is 0 Å². The summed E-state index contributed by atoms with van der Waals surface area (Å²) in [5.41, 5.74) is 0. The number of hydrogen-bond donors (Lipinski definition) is 2. The van der Waals surface area contributed by atoms with Gasteiger partial charge in [0.2, 0.25) is 5.82 Å². The number of carboxylic acids is 1. The van der Waals surface area contributed by atoms with Gasteiger partial charge in [0.05, 0.1) is 0 Å². The first kappa shape index (κ1) is 13.1. The van der Waals surface area contributed by atoms with Crippen LogP contribution < -0.4 is 0 Å². The Morgan fingerprint density at radius 2 is 2.10 bits per heavy atom. The Kier molecular flexibility index (Phi) is 3.19. The number of aromatic nitrogens is 3. The van der Waals surface area contributed by atoms with Crippen LogP contribution in [0.2, 0.25) is 0 Å². The van der Waals surface area contributed by atoms with Gasteiger partial charge in [0.25, 0.3) is 5.91 Å². The van der Waals surface area contributed by atoms with Crippen LogP contribution in [0.15, 0.2) is 0 Å². The molecule has 2 aliphatic rings. The van der Waals surface area contributed by atoms with Crippen molar-refractivity contribution in [1.82, 2.24) is 20.1 Å². The van der Waals surface area contributed by atoms with E-state index in [0.717, 1.165) is 31.5 Å². The van der Waals surface area contributed by atoms with Crippen LogP contribution in [0.1, 0.15) is 55.0 Å². The highest BCUT2D eigenvalue weighted by molar-refractivity contribution is 5.93. The van der Waals surface area contributed by atoms with Crippen molar-refractivity contribution in [2.75, 3.05) is 6.54 Å². The molecule has 2 heterocycles. The molecule has 1 aromatic heterocycles. The van der Waals surface area contributed by atoms with Gasteiger partial charge in [0.15, 0.2) is 0 Å². The molecule has 7 heteroatoms. The number of nitrogens with zero attached hydrogens (tertiary/aromatic N) is 3. The van der Waals surface area contributed by atoms with Crippen molar-refractivity contribution in [2.45, 2.75) is 44.6 Å². The van der Waals surface area contributed by atoms with Crippen LogP contribution in [-0.2, 0) is 4.79 Å². The summed E-state index contributed by atoms with van der Waals surface area (Å²) in [4.78, 5) is 29.4. The predicted octanol–water partition coefficient (Wildman–Crippen LogP) is 1.01. The van der Waals surface area contributed by atoms with Gasteiger partial charge in [-0.25, -0.2) is 9.78 Å². The lowest BCUT2D eigenvalue weighted by Gasteiger charge is -2.36. The van der Waals surface area contributed by atoms with Crippen LogP contribution in [0.25, 0.3) is 0 Å². The fourth-order valence-electron chi connectivity index (χ4n) is 2.83. The smallest absolute Gasteiger partial charge is 0.326 e.